The number of hydrogen-bond donors (Lipinski definition) is 2. The van der Waals surface area contributed by atoms with Crippen LogP contribution in [-0.2, 0) is 10.2 Å². The number of hydrogen-bond acceptors (Lipinski definition) is 3. The largest absolute Gasteiger partial charge is 0.396 e. The van der Waals surface area contributed by atoms with E-state index in [2.05, 4.69) is 4.72 Å². The van der Waals surface area contributed by atoms with Crippen LogP contribution in [0.5, 0.6) is 0 Å². The predicted molar refractivity (Wildman–Crippen MR) is 75.3 cm³/mol. The summed E-state index contributed by atoms with van der Waals surface area (Å²) in [6.45, 7) is 0.744. The van der Waals surface area contributed by atoms with Gasteiger partial charge >= 0.3 is 10.2 Å². The molecule has 112 valence electrons. The molecule has 0 saturated carbocycles. The normalized spacial score (nSPS) is 18.1. The van der Waals surface area contributed by atoms with E-state index in [1.54, 1.807) is 0 Å². The van der Waals surface area contributed by atoms with E-state index in [0.29, 0.717) is 25.9 Å². The van der Waals surface area contributed by atoms with Crippen molar-refractivity contribution in [2.45, 2.75) is 12.8 Å². The molecule has 1 aromatic rings. The number of rotatable bonds is 4. The SMILES string of the molecule is O=S(=O)(Nc1cc(F)cc(Cl)c1)N1CCC(CO)CC1. The highest BCUT2D eigenvalue weighted by molar-refractivity contribution is 7.90. The number of anilines is 1. The van der Waals surface area contributed by atoms with Gasteiger partial charge in [0.1, 0.15) is 5.82 Å². The molecule has 0 radical (unpaired) electrons. The Kier molecular flexibility index (Phi) is 4.85. The maximum atomic E-state index is 13.2. The summed E-state index contributed by atoms with van der Waals surface area (Å²) in [5.41, 5.74) is 0.0966. The zero-order valence-electron chi connectivity index (χ0n) is 10.7. The van der Waals surface area contributed by atoms with Crippen molar-refractivity contribution in [2.24, 2.45) is 5.92 Å². The van der Waals surface area contributed by atoms with Crippen molar-refractivity contribution >= 4 is 27.5 Å². The van der Waals surface area contributed by atoms with Crippen molar-refractivity contribution in [3.8, 4) is 0 Å². The van der Waals surface area contributed by atoms with Crippen LogP contribution in [-0.4, -0.2) is 37.5 Å². The van der Waals surface area contributed by atoms with Crippen molar-refractivity contribution in [1.82, 2.24) is 4.31 Å². The fourth-order valence-corrected chi connectivity index (χ4v) is 3.62. The van der Waals surface area contributed by atoms with Crippen LogP contribution in [0.2, 0.25) is 5.02 Å². The first-order chi connectivity index (χ1) is 9.40. The lowest BCUT2D eigenvalue weighted by atomic mass is 10.00. The third kappa shape index (κ3) is 3.82. The topological polar surface area (TPSA) is 69.6 Å². The fraction of sp³-hybridized carbons (Fsp3) is 0.500. The molecule has 1 aromatic carbocycles. The van der Waals surface area contributed by atoms with Gasteiger partial charge in [-0.15, -0.1) is 0 Å². The van der Waals surface area contributed by atoms with Crippen molar-refractivity contribution in [1.29, 1.82) is 0 Å². The van der Waals surface area contributed by atoms with Gasteiger partial charge < -0.3 is 5.11 Å². The van der Waals surface area contributed by atoms with Crippen LogP contribution >= 0.6 is 11.6 Å². The van der Waals surface area contributed by atoms with Crippen LogP contribution in [0, 0.1) is 11.7 Å². The highest BCUT2D eigenvalue weighted by atomic mass is 35.5. The molecule has 0 unspecified atom stereocenters. The summed E-state index contributed by atoms with van der Waals surface area (Å²) in [7, 11) is -3.73. The molecule has 0 atom stereocenters. The third-order valence-corrected chi connectivity index (χ3v) is 5.04. The molecule has 0 aliphatic carbocycles. The zero-order valence-corrected chi connectivity index (χ0v) is 12.3. The minimum atomic E-state index is -3.73. The highest BCUT2D eigenvalue weighted by Gasteiger charge is 2.27. The van der Waals surface area contributed by atoms with Crippen molar-refractivity contribution in [3.63, 3.8) is 0 Å². The molecule has 5 nitrogen and oxygen atoms in total. The van der Waals surface area contributed by atoms with Gasteiger partial charge in [0.2, 0.25) is 0 Å². The molecule has 0 spiro atoms. The van der Waals surface area contributed by atoms with Gasteiger partial charge in [-0.25, -0.2) is 4.39 Å². The standard InChI is InChI=1S/C12H16ClFN2O3S/c13-10-5-11(14)7-12(6-10)15-20(18,19)16-3-1-9(8-17)2-4-16/h5-7,9,15,17H,1-4,8H2. The summed E-state index contributed by atoms with van der Waals surface area (Å²) in [5, 5.41) is 9.16. The van der Waals surface area contributed by atoms with E-state index < -0.39 is 16.0 Å². The molecule has 0 bridgehead atoms. The Hall–Kier alpha value is -0.890. The maximum absolute atomic E-state index is 13.2. The van der Waals surface area contributed by atoms with Gasteiger partial charge in [0.05, 0.1) is 5.69 Å². The number of piperidine rings is 1. The van der Waals surface area contributed by atoms with Crippen LogP contribution < -0.4 is 4.72 Å². The Morgan fingerprint density at radius 3 is 2.55 bits per heavy atom. The molecular formula is C12H16ClFN2O3S. The second-order valence-electron chi connectivity index (χ2n) is 4.79. The number of aliphatic hydroxyl groups is 1. The van der Waals surface area contributed by atoms with E-state index in [1.807, 2.05) is 0 Å². The number of halogens is 2. The molecule has 1 aliphatic heterocycles. The molecule has 2 rings (SSSR count). The molecule has 8 heteroatoms. The van der Waals surface area contributed by atoms with Gasteiger partial charge in [-0.05, 0) is 37.0 Å². The monoisotopic (exact) mass is 322 g/mol. The number of nitrogens with one attached hydrogen (secondary N) is 1. The van der Waals surface area contributed by atoms with E-state index in [1.165, 1.54) is 10.4 Å². The van der Waals surface area contributed by atoms with Crippen LogP contribution in [0.15, 0.2) is 18.2 Å². The molecule has 0 amide bonds. The minimum absolute atomic E-state index is 0.0703. The Morgan fingerprint density at radius 2 is 2.00 bits per heavy atom. The molecule has 1 saturated heterocycles. The smallest absolute Gasteiger partial charge is 0.301 e. The number of nitrogens with zero attached hydrogens (tertiary/aromatic N) is 1. The molecule has 0 aromatic heterocycles. The minimum Gasteiger partial charge on any atom is -0.396 e. The zero-order chi connectivity index (χ0) is 14.8. The second kappa shape index (κ2) is 6.26. The van der Waals surface area contributed by atoms with Gasteiger partial charge in [0.25, 0.3) is 0 Å². The maximum Gasteiger partial charge on any atom is 0.301 e. The fourth-order valence-electron chi connectivity index (χ4n) is 2.16. The average Bonchev–Trinajstić information content (AvgIpc) is 2.37. The molecule has 1 fully saturated rings. The van der Waals surface area contributed by atoms with E-state index in [0.717, 1.165) is 12.1 Å². The summed E-state index contributed by atoms with van der Waals surface area (Å²) in [4.78, 5) is 0. The number of benzene rings is 1. The predicted octanol–water partition coefficient (Wildman–Crippen LogP) is 1.84. The average molecular weight is 323 g/mol. The van der Waals surface area contributed by atoms with Gasteiger partial charge in [-0.3, -0.25) is 4.72 Å². The number of aliphatic hydroxyl groups excluding tert-OH is 1. The Balaban J connectivity index is 2.07. The Labute approximate surface area is 122 Å². The van der Waals surface area contributed by atoms with E-state index >= 15 is 0 Å². The summed E-state index contributed by atoms with van der Waals surface area (Å²) < 4.78 is 41.1. The first-order valence-corrected chi connectivity index (χ1v) is 8.07. The lowest BCUT2D eigenvalue weighted by molar-refractivity contribution is 0.170. The van der Waals surface area contributed by atoms with E-state index in [9.17, 15) is 12.8 Å². The van der Waals surface area contributed by atoms with Gasteiger partial charge in [-0.1, -0.05) is 11.6 Å². The lowest BCUT2D eigenvalue weighted by Crippen LogP contribution is -2.42. The molecule has 2 N–H and O–H groups in total. The highest BCUT2D eigenvalue weighted by Crippen LogP contribution is 2.23. The van der Waals surface area contributed by atoms with Crippen molar-refractivity contribution in [2.75, 3.05) is 24.4 Å². The van der Waals surface area contributed by atoms with Crippen LogP contribution in [0.4, 0.5) is 10.1 Å². The summed E-state index contributed by atoms with van der Waals surface area (Å²) in [6, 6.07) is 3.53. The van der Waals surface area contributed by atoms with Gasteiger partial charge in [0.15, 0.2) is 0 Å². The second-order valence-corrected chi connectivity index (χ2v) is 6.90. The lowest BCUT2D eigenvalue weighted by Gasteiger charge is -2.30. The summed E-state index contributed by atoms with van der Waals surface area (Å²) in [5.74, 6) is -0.459. The first-order valence-electron chi connectivity index (χ1n) is 6.25. The van der Waals surface area contributed by atoms with Crippen LogP contribution in [0.3, 0.4) is 0 Å². The van der Waals surface area contributed by atoms with Gasteiger partial charge in [-0.2, -0.15) is 12.7 Å². The van der Waals surface area contributed by atoms with E-state index in [-0.39, 0.29) is 23.2 Å². The first kappa shape index (κ1) is 15.5. The Morgan fingerprint density at radius 1 is 1.35 bits per heavy atom. The van der Waals surface area contributed by atoms with E-state index in [4.69, 9.17) is 16.7 Å². The summed E-state index contributed by atoms with van der Waals surface area (Å²) >= 11 is 5.69. The molecule has 1 heterocycles. The van der Waals surface area contributed by atoms with Crippen molar-refractivity contribution < 1.29 is 17.9 Å². The quantitative estimate of drug-likeness (QED) is 0.888. The van der Waals surface area contributed by atoms with Gasteiger partial charge in [0, 0.05) is 24.7 Å². The molecular weight excluding hydrogens is 307 g/mol. The Bertz CT molecular complexity index is 554. The third-order valence-electron chi connectivity index (χ3n) is 3.28. The summed E-state index contributed by atoms with van der Waals surface area (Å²) in [6.07, 6.45) is 1.22. The van der Waals surface area contributed by atoms with Crippen LogP contribution in [0.1, 0.15) is 12.8 Å². The van der Waals surface area contributed by atoms with Crippen molar-refractivity contribution in [3.05, 3.63) is 29.0 Å². The van der Waals surface area contributed by atoms with Crippen LogP contribution in [0.25, 0.3) is 0 Å². The molecule has 20 heavy (non-hydrogen) atoms. The molecule has 1 aliphatic rings.